The number of rotatable bonds is 12. The Balaban J connectivity index is 1.63. The third-order valence-corrected chi connectivity index (χ3v) is 5.86. The van der Waals surface area contributed by atoms with Crippen molar-refractivity contribution in [3.05, 3.63) is 94.0 Å². The average molecular weight is 536 g/mol. The zero-order valence-corrected chi connectivity index (χ0v) is 22.9. The molecule has 2 amide bonds. The summed E-state index contributed by atoms with van der Waals surface area (Å²) in [5.74, 6) is 0.633. The molecule has 0 aliphatic carbocycles. The SMILES string of the molecule is CCOc1cc(/C=N/NC(=O)C(CC(C)C)NC(=O)c2ccc(Cl)cc2)ccc1OCc1ccc(C)cc1. The Morgan fingerprint density at radius 3 is 2.34 bits per heavy atom. The quantitative estimate of drug-likeness (QED) is 0.222. The van der Waals surface area contributed by atoms with E-state index in [1.807, 2.05) is 64.1 Å². The van der Waals surface area contributed by atoms with Gasteiger partial charge in [0.25, 0.3) is 11.8 Å². The van der Waals surface area contributed by atoms with Gasteiger partial charge in [0.15, 0.2) is 11.5 Å². The lowest BCUT2D eigenvalue weighted by molar-refractivity contribution is -0.123. The van der Waals surface area contributed by atoms with Crippen LogP contribution in [0.3, 0.4) is 0 Å². The molecule has 0 radical (unpaired) electrons. The Kier molecular flexibility index (Phi) is 10.7. The highest BCUT2D eigenvalue weighted by atomic mass is 35.5. The largest absolute Gasteiger partial charge is 0.490 e. The van der Waals surface area contributed by atoms with Crippen LogP contribution in [0.5, 0.6) is 11.5 Å². The molecule has 2 N–H and O–H groups in total. The molecule has 0 aliphatic heterocycles. The second kappa shape index (κ2) is 14.2. The van der Waals surface area contributed by atoms with Gasteiger partial charge in [-0.3, -0.25) is 9.59 Å². The number of nitrogens with zero attached hydrogens (tertiary/aromatic N) is 1. The summed E-state index contributed by atoms with van der Waals surface area (Å²) in [7, 11) is 0. The number of hydrogen-bond donors (Lipinski definition) is 2. The summed E-state index contributed by atoms with van der Waals surface area (Å²) in [6.45, 7) is 8.80. The monoisotopic (exact) mass is 535 g/mol. The van der Waals surface area contributed by atoms with Crippen LogP contribution in [-0.2, 0) is 11.4 Å². The van der Waals surface area contributed by atoms with Crippen molar-refractivity contribution in [1.82, 2.24) is 10.7 Å². The Hall–Kier alpha value is -3.84. The summed E-state index contributed by atoms with van der Waals surface area (Å²) in [4.78, 5) is 25.5. The van der Waals surface area contributed by atoms with E-state index in [1.165, 1.54) is 11.8 Å². The molecule has 0 saturated carbocycles. The number of aryl methyl sites for hydroxylation is 1. The van der Waals surface area contributed by atoms with Crippen LogP contribution in [0.15, 0.2) is 71.8 Å². The van der Waals surface area contributed by atoms with Crippen molar-refractivity contribution >= 4 is 29.6 Å². The van der Waals surface area contributed by atoms with Gasteiger partial charge in [0.2, 0.25) is 0 Å². The Morgan fingerprint density at radius 2 is 1.68 bits per heavy atom. The molecule has 3 rings (SSSR count). The first kappa shape index (κ1) is 28.7. The highest BCUT2D eigenvalue weighted by molar-refractivity contribution is 6.30. The van der Waals surface area contributed by atoms with Crippen molar-refractivity contribution in [3.63, 3.8) is 0 Å². The van der Waals surface area contributed by atoms with Crippen molar-refractivity contribution in [2.45, 2.75) is 46.8 Å². The summed E-state index contributed by atoms with van der Waals surface area (Å²) in [5, 5.41) is 7.43. The zero-order valence-electron chi connectivity index (χ0n) is 22.2. The van der Waals surface area contributed by atoms with Gasteiger partial charge in [-0.1, -0.05) is 55.3 Å². The first-order valence-corrected chi connectivity index (χ1v) is 13.0. The smallest absolute Gasteiger partial charge is 0.262 e. The van der Waals surface area contributed by atoms with E-state index >= 15 is 0 Å². The Bertz CT molecular complexity index is 1240. The number of hydrogen-bond acceptors (Lipinski definition) is 5. The van der Waals surface area contributed by atoms with Crippen LogP contribution in [0.4, 0.5) is 0 Å². The fraction of sp³-hybridized carbons (Fsp3) is 0.300. The molecule has 0 aromatic heterocycles. The van der Waals surface area contributed by atoms with Gasteiger partial charge in [0, 0.05) is 10.6 Å². The fourth-order valence-corrected chi connectivity index (χ4v) is 3.76. The van der Waals surface area contributed by atoms with Crippen LogP contribution < -0.4 is 20.2 Å². The second-order valence-electron chi connectivity index (χ2n) is 9.31. The Morgan fingerprint density at radius 1 is 0.974 bits per heavy atom. The van der Waals surface area contributed by atoms with Crippen LogP contribution >= 0.6 is 11.6 Å². The zero-order chi connectivity index (χ0) is 27.5. The number of amides is 2. The molecule has 0 bridgehead atoms. The van der Waals surface area contributed by atoms with Gasteiger partial charge in [0.1, 0.15) is 12.6 Å². The van der Waals surface area contributed by atoms with Crippen LogP contribution in [0.1, 0.15) is 54.2 Å². The van der Waals surface area contributed by atoms with E-state index in [0.29, 0.717) is 41.7 Å². The van der Waals surface area contributed by atoms with Gasteiger partial charge in [-0.15, -0.1) is 0 Å². The number of benzene rings is 3. The summed E-state index contributed by atoms with van der Waals surface area (Å²) in [6.07, 6.45) is 1.99. The molecule has 0 fully saturated rings. The minimum atomic E-state index is -0.744. The molecule has 8 heteroatoms. The average Bonchev–Trinajstić information content (AvgIpc) is 2.89. The molecule has 1 atom stereocenters. The highest BCUT2D eigenvalue weighted by Gasteiger charge is 2.22. The summed E-state index contributed by atoms with van der Waals surface area (Å²) in [6, 6.07) is 19.4. The van der Waals surface area contributed by atoms with Crippen molar-refractivity contribution < 1.29 is 19.1 Å². The first-order valence-electron chi connectivity index (χ1n) is 12.6. The van der Waals surface area contributed by atoms with E-state index in [9.17, 15) is 9.59 Å². The Labute approximate surface area is 229 Å². The summed E-state index contributed by atoms with van der Waals surface area (Å²) < 4.78 is 11.7. The summed E-state index contributed by atoms with van der Waals surface area (Å²) >= 11 is 5.90. The highest BCUT2D eigenvalue weighted by Crippen LogP contribution is 2.29. The maximum Gasteiger partial charge on any atom is 0.262 e. The number of ether oxygens (including phenoxy) is 2. The maximum atomic E-state index is 12.8. The minimum absolute atomic E-state index is 0.182. The van der Waals surface area contributed by atoms with E-state index < -0.39 is 11.9 Å². The lowest BCUT2D eigenvalue weighted by Crippen LogP contribution is -2.46. The van der Waals surface area contributed by atoms with Crippen LogP contribution in [-0.4, -0.2) is 30.7 Å². The number of halogens is 1. The van der Waals surface area contributed by atoms with E-state index in [-0.39, 0.29) is 11.8 Å². The summed E-state index contributed by atoms with van der Waals surface area (Å²) in [5.41, 5.74) is 5.94. The first-order chi connectivity index (χ1) is 18.2. The van der Waals surface area contributed by atoms with Crippen molar-refractivity contribution in [2.24, 2.45) is 11.0 Å². The standard InChI is InChI=1S/C30H34ClN3O4/c1-5-37-28-17-23(10-15-27(28)38-19-22-8-6-21(4)7-9-22)18-32-34-30(36)26(16-20(2)3)33-29(35)24-11-13-25(31)14-12-24/h6-15,17-18,20,26H,5,16,19H2,1-4H3,(H,33,35)(H,34,36)/b32-18+. The molecule has 3 aromatic carbocycles. The predicted molar refractivity (Wildman–Crippen MR) is 151 cm³/mol. The molecular weight excluding hydrogens is 502 g/mol. The lowest BCUT2D eigenvalue weighted by atomic mass is 10.0. The topological polar surface area (TPSA) is 89.0 Å². The van der Waals surface area contributed by atoms with E-state index in [0.717, 1.165) is 11.1 Å². The molecule has 3 aromatic rings. The van der Waals surface area contributed by atoms with Gasteiger partial charge < -0.3 is 14.8 Å². The molecule has 1 unspecified atom stereocenters. The molecule has 38 heavy (non-hydrogen) atoms. The van der Waals surface area contributed by atoms with Crippen molar-refractivity contribution in [1.29, 1.82) is 0 Å². The van der Waals surface area contributed by atoms with Crippen LogP contribution in [0, 0.1) is 12.8 Å². The maximum absolute atomic E-state index is 12.8. The molecular formula is C30H34ClN3O4. The van der Waals surface area contributed by atoms with Gasteiger partial charge in [-0.25, -0.2) is 5.43 Å². The van der Waals surface area contributed by atoms with Gasteiger partial charge >= 0.3 is 0 Å². The molecule has 7 nitrogen and oxygen atoms in total. The molecule has 0 saturated heterocycles. The van der Waals surface area contributed by atoms with Crippen molar-refractivity contribution in [2.75, 3.05) is 6.61 Å². The van der Waals surface area contributed by atoms with E-state index in [2.05, 4.69) is 15.8 Å². The third kappa shape index (κ3) is 8.92. The minimum Gasteiger partial charge on any atom is -0.490 e. The molecule has 0 spiro atoms. The second-order valence-corrected chi connectivity index (χ2v) is 9.75. The van der Waals surface area contributed by atoms with E-state index in [4.69, 9.17) is 21.1 Å². The van der Waals surface area contributed by atoms with Gasteiger partial charge in [-0.05, 0) is 79.8 Å². The predicted octanol–water partition coefficient (Wildman–Crippen LogP) is 5.92. The van der Waals surface area contributed by atoms with Gasteiger partial charge in [-0.2, -0.15) is 5.10 Å². The number of carbonyl (C=O) groups excluding carboxylic acids is 2. The molecule has 0 heterocycles. The third-order valence-electron chi connectivity index (χ3n) is 5.61. The fourth-order valence-electron chi connectivity index (χ4n) is 3.63. The number of hydrazone groups is 1. The number of carbonyl (C=O) groups is 2. The van der Waals surface area contributed by atoms with Gasteiger partial charge in [0.05, 0.1) is 12.8 Å². The molecule has 0 aliphatic rings. The van der Waals surface area contributed by atoms with Crippen LogP contribution in [0.25, 0.3) is 0 Å². The lowest BCUT2D eigenvalue weighted by Gasteiger charge is -2.19. The normalized spacial score (nSPS) is 11.8. The molecule has 200 valence electrons. The van der Waals surface area contributed by atoms with Crippen LogP contribution in [0.2, 0.25) is 5.02 Å². The number of nitrogens with one attached hydrogen (secondary N) is 2. The van der Waals surface area contributed by atoms with Crippen molar-refractivity contribution in [3.8, 4) is 11.5 Å². The van der Waals surface area contributed by atoms with E-state index in [1.54, 1.807) is 30.3 Å².